The Morgan fingerprint density at radius 3 is 2.13 bits per heavy atom. The average molecular weight is 214 g/mol. The molecule has 0 saturated heterocycles. The van der Waals surface area contributed by atoms with E-state index in [1.165, 1.54) is 12.1 Å². The topological polar surface area (TPSA) is 0 Å². The Morgan fingerprint density at radius 2 is 1.73 bits per heavy atom. The lowest BCUT2D eigenvalue weighted by Crippen LogP contribution is -2.04. The number of allylic oxidation sites excluding steroid dienone is 1. The third-order valence-corrected chi connectivity index (χ3v) is 2.12. The highest BCUT2D eigenvalue weighted by atomic mass is 19.4. The summed E-state index contributed by atoms with van der Waals surface area (Å²) in [6.45, 7) is 5.65. The van der Waals surface area contributed by atoms with Crippen LogP contribution in [-0.4, -0.2) is 0 Å². The predicted octanol–water partition coefficient (Wildman–Crippen LogP) is 4.21. The fourth-order valence-electron chi connectivity index (χ4n) is 1.22. The van der Waals surface area contributed by atoms with Gasteiger partial charge in [-0.25, -0.2) is 0 Å². The van der Waals surface area contributed by atoms with E-state index in [1.807, 2.05) is 6.92 Å². The second-order valence-electron chi connectivity index (χ2n) is 3.65. The van der Waals surface area contributed by atoms with Crippen LogP contribution in [0.5, 0.6) is 0 Å². The van der Waals surface area contributed by atoms with Crippen molar-refractivity contribution in [2.75, 3.05) is 0 Å². The number of hydrogen-bond donors (Lipinski definition) is 0. The van der Waals surface area contributed by atoms with Crippen LogP contribution in [-0.2, 0) is 12.6 Å². The highest BCUT2D eigenvalue weighted by Crippen LogP contribution is 2.29. The summed E-state index contributed by atoms with van der Waals surface area (Å²) >= 11 is 0. The fraction of sp³-hybridized carbons (Fsp3) is 0.333. The summed E-state index contributed by atoms with van der Waals surface area (Å²) in [6.07, 6.45) is -2.69. The Hall–Kier alpha value is -1.25. The summed E-state index contributed by atoms with van der Waals surface area (Å²) in [5.74, 6) is 0. The van der Waals surface area contributed by atoms with Gasteiger partial charge in [0.05, 0.1) is 5.56 Å². The van der Waals surface area contributed by atoms with E-state index in [0.29, 0.717) is 0 Å². The minimum atomic E-state index is -4.24. The molecular formula is C12H13F3. The molecular weight excluding hydrogens is 201 g/mol. The lowest BCUT2D eigenvalue weighted by molar-refractivity contribution is -0.137. The van der Waals surface area contributed by atoms with E-state index in [0.717, 1.165) is 36.1 Å². The van der Waals surface area contributed by atoms with Crippen molar-refractivity contribution in [3.8, 4) is 0 Å². The van der Waals surface area contributed by atoms with Gasteiger partial charge in [-0.05, 0) is 37.5 Å². The van der Waals surface area contributed by atoms with Crippen molar-refractivity contribution in [2.24, 2.45) is 0 Å². The summed E-state index contributed by atoms with van der Waals surface area (Å²) in [7, 11) is 0. The van der Waals surface area contributed by atoms with Gasteiger partial charge in [-0.2, -0.15) is 13.2 Å². The molecule has 15 heavy (non-hydrogen) atoms. The Labute approximate surface area is 87.4 Å². The number of hydrogen-bond acceptors (Lipinski definition) is 0. The maximum Gasteiger partial charge on any atom is 0.416 e. The molecule has 0 aliphatic carbocycles. The van der Waals surface area contributed by atoms with Crippen LogP contribution in [0.4, 0.5) is 13.2 Å². The molecule has 0 aromatic heterocycles. The molecule has 0 radical (unpaired) electrons. The number of benzene rings is 1. The molecule has 0 amide bonds. The van der Waals surface area contributed by atoms with Crippen molar-refractivity contribution < 1.29 is 13.2 Å². The van der Waals surface area contributed by atoms with E-state index in [9.17, 15) is 13.2 Å². The molecule has 0 aliphatic rings. The monoisotopic (exact) mass is 214 g/mol. The first kappa shape index (κ1) is 11.8. The van der Waals surface area contributed by atoms with E-state index in [4.69, 9.17) is 0 Å². The van der Waals surface area contributed by atoms with Gasteiger partial charge in [0.25, 0.3) is 0 Å². The maximum atomic E-state index is 12.2. The van der Waals surface area contributed by atoms with E-state index in [1.54, 1.807) is 0 Å². The van der Waals surface area contributed by atoms with E-state index >= 15 is 0 Å². The van der Waals surface area contributed by atoms with E-state index < -0.39 is 11.7 Å². The second kappa shape index (κ2) is 4.51. The van der Waals surface area contributed by atoms with Crippen LogP contribution in [0.25, 0.3) is 0 Å². The van der Waals surface area contributed by atoms with Crippen LogP contribution in [0, 0.1) is 0 Å². The van der Waals surface area contributed by atoms with E-state index in [2.05, 4.69) is 6.58 Å². The molecule has 0 heterocycles. The zero-order valence-electron chi connectivity index (χ0n) is 8.56. The molecule has 0 fully saturated rings. The van der Waals surface area contributed by atoms with Gasteiger partial charge in [0.2, 0.25) is 0 Å². The molecule has 0 saturated carbocycles. The highest BCUT2D eigenvalue weighted by Gasteiger charge is 2.29. The van der Waals surface area contributed by atoms with Gasteiger partial charge in [0.15, 0.2) is 0 Å². The first-order chi connectivity index (χ1) is 6.89. The Morgan fingerprint density at radius 1 is 1.20 bits per heavy atom. The predicted molar refractivity (Wildman–Crippen MR) is 54.6 cm³/mol. The molecule has 1 rings (SSSR count). The van der Waals surface area contributed by atoms with Crippen molar-refractivity contribution in [2.45, 2.75) is 25.9 Å². The molecule has 0 nitrogen and oxygen atoms in total. The van der Waals surface area contributed by atoms with Crippen LogP contribution in [0.1, 0.15) is 24.5 Å². The summed E-state index contributed by atoms with van der Waals surface area (Å²) < 4.78 is 36.7. The maximum absolute atomic E-state index is 12.2. The summed E-state index contributed by atoms with van der Waals surface area (Å²) in [5.41, 5.74) is 1.35. The first-order valence-electron chi connectivity index (χ1n) is 4.70. The third-order valence-electron chi connectivity index (χ3n) is 2.12. The third kappa shape index (κ3) is 3.78. The summed E-state index contributed by atoms with van der Waals surface area (Å²) in [4.78, 5) is 0. The van der Waals surface area contributed by atoms with Crippen LogP contribution in [0.2, 0.25) is 0 Å². The lowest BCUT2D eigenvalue weighted by atomic mass is 10.0. The SMILES string of the molecule is C=C(C)CCc1ccc(C(F)(F)F)cc1. The van der Waals surface area contributed by atoms with Crippen LogP contribution >= 0.6 is 0 Å². The molecule has 82 valence electrons. The Balaban J connectivity index is 2.69. The minimum absolute atomic E-state index is 0.596. The van der Waals surface area contributed by atoms with Crippen LogP contribution in [0.15, 0.2) is 36.4 Å². The van der Waals surface area contributed by atoms with Crippen LogP contribution < -0.4 is 0 Å². The van der Waals surface area contributed by atoms with Crippen molar-refractivity contribution in [1.29, 1.82) is 0 Å². The lowest BCUT2D eigenvalue weighted by Gasteiger charge is -2.07. The van der Waals surface area contributed by atoms with Gasteiger partial charge in [-0.3, -0.25) is 0 Å². The first-order valence-corrected chi connectivity index (χ1v) is 4.70. The fourth-order valence-corrected chi connectivity index (χ4v) is 1.22. The zero-order valence-corrected chi connectivity index (χ0v) is 8.56. The summed E-state index contributed by atoms with van der Waals surface area (Å²) in [6, 6.07) is 5.28. The normalized spacial score (nSPS) is 11.5. The molecule has 0 atom stereocenters. The Bertz CT molecular complexity index is 333. The molecule has 0 unspecified atom stereocenters. The summed E-state index contributed by atoms with van der Waals surface area (Å²) in [5, 5.41) is 0. The van der Waals surface area contributed by atoms with Crippen molar-refractivity contribution in [1.82, 2.24) is 0 Å². The standard InChI is InChI=1S/C12H13F3/c1-9(2)3-4-10-5-7-11(8-6-10)12(13,14)15/h5-8H,1,3-4H2,2H3. The second-order valence-corrected chi connectivity index (χ2v) is 3.65. The van der Waals surface area contributed by atoms with Gasteiger partial charge in [0, 0.05) is 0 Å². The van der Waals surface area contributed by atoms with Crippen molar-refractivity contribution in [3.63, 3.8) is 0 Å². The largest absolute Gasteiger partial charge is 0.416 e. The molecule has 0 spiro atoms. The number of alkyl halides is 3. The van der Waals surface area contributed by atoms with Gasteiger partial charge in [0.1, 0.15) is 0 Å². The highest BCUT2D eigenvalue weighted by molar-refractivity contribution is 5.25. The Kier molecular flexibility index (Phi) is 3.56. The number of rotatable bonds is 3. The molecule has 0 N–H and O–H groups in total. The zero-order chi connectivity index (χ0) is 11.5. The quantitative estimate of drug-likeness (QED) is 0.661. The molecule has 1 aromatic carbocycles. The number of halogens is 3. The molecule has 0 aliphatic heterocycles. The van der Waals surface area contributed by atoms with Gasteiger partial charge in [-0.15, -0.1) is 6.58 Å². The molecule has 1 aromatic rings. The van der Waals surface area contributed by atoms with Gasteiger partial charge in [-0.1, -0.05) is 17.7 Å². The van der Waals surface area contributed by atoms with Crippen LogP contribution in [0.3, 0.4) is 0 Å². The number of aryl methyl sites for hydroxylation is 1. The molecule has 0 bridgehead atoms. The average Bonchev–Trinajstić information content (AvgIpc) is 2.14. The van der Waals surface area contributed by atoms with E-state index in [-0.39, 0.29) is 0 Å². The van der Waals surface area contributed by atoms with Crippen molar-refractivity contribution >= 4 is 0 Å². The molecule has 3 heteroatoms. The minimum Gasteiger partial charge on any atom is -0.166 e. The van der Waals surface area contributed by atoms with Gasteiger partial charge >= 0.3 is 6.18 Å². The smallest absolute Gasteiger partial charge is 0.166 e. The van der Waals surface area contributed by atoms with Gasteiger partial charge < -0.3 is 0 Å². The van der Waals surface area contributed by atoms with Crippen molar-refractivity contribution in [3.05, 3.63) is 47.5 Å².